The fourth-order valence-electron chi connectivity index (χ4n) is 1.31. The van der Waals surface area contributed by atoms with Crippen molar-refractivity contribution in [3.8, 4) is 0 Å². The minimum Gasteiger partial charge on any atom is -0.466 e. The van der Waals surface area contributed by atoms with Gasteiger partial charge in [-0.1, -0.05) is 0 Å². The number of ketones is 1. The highest BCUT2D eigenvalue weighted by molar-refractivity contribution is 5.97. The summed E-state index contributed by atoms with van der Waals surface area (Å²) in [6.45, 7) is 5.44. The average molecular weight is 181 g/mol. The minimum atomic E-state index is -0.0953. The molecule has 0 bridgehead atoms. The Hall–Kier alpha value is -1.09. The molecule has 2 N–H and O–H groups in total. The van der Waals surface area contributed by atoms with E-state index >= 15 is 0 Å². The van der Waals surface area contributed by atoms with E-state index in [0.29, 0.717) is 17.7 Å². The third-order valence-corrected chi connectivity index (χ3v) is 1.85. The summed E-state index contributed by atoms with van der Waals surface area (Å²) in [4.78, 5) is 11.5. The van der Waals surface area contributed by atoms with Crippen LogP contribution in [0.4, 0.5) is 0 Å². The van der Waals surface area contributed by atoms with Gasteiger partial charge in [0.1, 0.15) is 11.5 Å². The highest BCUT2D eigenvalue weighted by Gasteiger charge is 2.14. The molecule has 0 radical (unpaired) electrons. The summed E-state index contributed by atoms with van der Waals surface area (Å²) >= 11 is 0. The molecule has 1 heterocycles. The van der Waals surface area contributed by atoms with Crippen molar-refractivity contribution in [1.29, 1.82) is 0 Å². The van der Waals surface area contributed by atoms with Gasteiger partial charge in [-0.3, -0.25) is 4.79 Å². The van der Waals surface area contributed by atoms with Crippen molar-refractivity contribution in [2.45, 2.75) is 33.2 Å². The largest absolute Gasteiger partial charge is 0.466 e. The minimum absolute atomic E-state index is 0.0596. The standard InChI is InChI=1S/C10H15NO2/c1-6(11)4-10(12)9-5-7(2)13-8(9)3/h5-6H,4,11H2,1-3H3. The van der Waals surface area contributed by atoms with Gasteiger partial charge < -0.3 is 10.2 Å². The normalized spacial score (nSPS) is 12.9. The van der Waals surface area contributed by atoms with Crippen LogP contribution in [0.25, 0.3) is 0 Å². The van der Waals surface area contributed by atoms with Gasteiger partial charge in [-0.05, 0) is 26.8 Å². The number of rotatable bonds is 3. The lowest BCUT2D eigenvalue weighted by molar-refractivity contribution is 0.0975. The van der Waals surface area contributed by atoms with Crippen molar-refractivity contribution < 1.29 is 9.21 Å². The number of furan rings is 1. The first-order valence-electron chi connectivity index (χ1n) is 4.36. The van der Waals surface area contributed by atoms with Crippen molar-refractivity contribution in [2.75, 3.05) is 0 Å². The lowest BCUT2D eigenvalue weighted by Crippen LogP contribution is -2.19. The molecule has 1 atom stereocenters. The fraction of sp³-hybridized carbons (Fsp3) is 0.500. The van der Waals surface area contributed by atoms with Crippen LogP contribution in [0.5, 0.6) is 0 Å². The highest BCUT2D eigenvalue weighted by atomic mass is 16.3. The van der Waals surface area contributed by atoms with Crippen LogP contribution >= 0.6 is 0 Å². The Bertz CT molecular complexity index is 313. The molecule has 0 aliphatic carbocycles. The van der Waals surface area contributed by atoms with Crippen LogP contribution < -0.4 is 5.73 Å². The van der Waals surface area contributed by atoms with Crippen LogP contribution in [0.3, 0.4) is 0 Å². The monoisotopic (exact) mass is 181 g/mol. The van der Waals surface area contributed by atoms with Crippen LogP contribution in [0.15, 0.2) is 10.5 Å². The Morgan fingerprint density at radius 3 is 2.62 bits per heavy atom. The van der Waals surface area contributed by atoms with Crippen molar-refractivity contribution in [3.05, 3.63) is 23.2 Å². The van der Waals surface area contributed by atoms with Gasteiger partial charge in [0.15, 0.2) is 5.78 Å². The molecule has 1 rings (SSSR count). The first-order chi connectivity index (χ1) is 6.00. The number of Topliss-reactive ketones (excluding diaryl/α,β-unsaturated/α-hetero) is 1. The fourth-order valence-corrected chi connectivity index (χ4v) is 1.31. The molecule has 0 fully saturated rings. The van der Waals surface area contributed by atoms with Gasteiger partial charge in [-0.25, -0.2) is 0 Å². The van der Waals surface area contributed by atoms with Crippen LogP contribution in [0, 0.1) is 13.8 Å². The van der Waals surface area contributed by atoms with Crippen molar-refractivity contribution in [3.63, 3.8) is 0 Å². The Morgan fingerprint density at radius 1 is 1.62 bits per heavy atom. The van der Waals surface area contributed by atoms with E-state index in [2.05, 4.69) is 0 Å². The van der Waals surface area contributed by atoms with Crippen LogP contribution in [0.2, 0.25) is 0 Å². The number of hydrogen-bond acceptors (Lipinski definition) is 3. The topological polar surface area (TPSA) is 56.2 Å². The number of nitrogens with two attached hydrogens (primary N) is 1. The molecule has 3 heteroatoms. The maximum absolute atomic E-state index is 11.5. The highest BCUT2D eigenvalue weighted by Crippen LogP contribution is 2.15. The summed E-state index contributed by atoms with van der Waals surface area (Å²) < 4.78 is 5.26. The second kappa shape index (κ2) is 3.75. The molecule has 13 heavy (non-hydrogen) atoms. The molecule has 1 unspecified atom stereocenters. The van der Waals surface area contributed by atoms with E-state index in [0.717, 1.165) is 5.76 Å². The molecule has 0 aliphatic rings. The van der Waals surface area contributed by atoms with Gasteiger partial charge in [0.05, 0.1) is 5.56 Å². The molecule has 0 aromatic carbocycles. The van der Waals surface area contributed by atoms with E-state index in [1.165, 1.54) is 0 Å². The van der Waals surface area contributed by atoms with E-state index < -0.39 is 0 Å². The number of hydrogen-bond donors (Lipinski definition) is 1. The number of aryl methyl sites for hydroxylation is 2. The van der Waals surface area contributed by atoms with Gasteiger partial charge in [0, 0.05) is 12.5 Å². The summed E-state index contributed by atoms with van der Waals surface area (Å²) in [7, 11) is 0. The lowest BCUT2D eigenvalue weighted by Gasteiger charge is -2.01. The Labute approximate surface area is 77.9 Å². The molecule has 1 aromatic heterocycles. The molecule has 3 nitrogen and oxygen atoms in total. The average Bonchev–Trinajstić information content (AvgIpc) is 2.28. The number of carbonyl (C=O) groups excluding carboxylic acids is 1. The molecule has 0 saturated carbocycles. The summed E-state index contributed by atoms with van der Waals surface area (Å²) in [5.41, 5.74) is 6.20. The summed E-state index contributed by atoms with van der Waals surface area (Å²) in [6, 6.07) is 1.67. The molecule has 0 amide bonds. The van der Waals surface area contributed by atoms with Crippen molar-refractivity contribution in [2.24, 2.45) is 5.73 Å². The quantitative estimate of drug-likeness (QED) is 0.723. The van der Waals surface area contributed by atoms with E-state index in [1.807, 2.05) is 13.8 Å². The maximum Gasteiger partial charge on any atom is 0.167 e. The van der Waals surface area contributed by atoms with Crippen molar-refractivity contribution >= 4 is 5.78 Å². The van der Waals surface area contributed by atoms with E-state index in [4.69, 9.17) is 10.2 Å². The molecular formula is C10H15NO2. The SMILES string of the molecule is Cc1cc(C(=O)CC(C)N)c(C)o1. The van der Waals surface area contributed by atoms with Crippen molar-refractivity contribution in [1.82, 2.24) is 0 Å². The van der Waals surface area contributed by atoms with Gasteiger partial charge in [0.25, 0.3) is 0 Å². The predicted octanol–water partition coefficient (Wildman–Crippen LogP) is 1.82. The second-order valence-corrected chi connectivity index (χ2v) is 3.43. The third kappa shape index (κ3) is 2.42. The van der Waals surface area contributed by atoms with Crippen LogP contribution in [-0.4, -0.2) is 11.8 Å². The van der Waals surface area contributed by atoms with E-state index in [1.54, 1.807) is 13.0 Å². The smallest absolute Gasteiger partial charge is 0.167 e. The zero-order valence-electron chi connectivity index (χ0n) is 8.26. The summed E-state index contributed by atoms with van der Waals surface area (Å²) in [5, 5.41) is 0. The third-order valence-electron chi connectivity index (χ3n) is 1.85. The van der Waals surface area contributed by atoms with Crippen LogP contribution in [0.1, 0.15) is 35.2 Å². The van der Waals surface area contributed by atoms with E-state index in [-0.39, 0.29) is 11.8 Å². The first kappa shape index (κ1) is 9.99. The zero-order valence-corrected chi connectivity index (χ0v) is 8.26. The molecule has 1 aromatic rings. The summed E-state index contributed by atoms with van der Waals surface area (Å²) in [6.07, 6.45) is 0.375. The predicted molar refractivity (Wildman–Crippen MR) is 50.8 cm³/mol. The molecule has 0 aliphatic heterocycles. The van der Waals surface area contributed by atoms with Gasteiger partial charge in [-0.2, -0.15) is 0 Å². The molecule has 0 saturated heterocycles. The Morgan fingerprint density at radius 2 is 2.23 bits per heavy atom. The van der Waals surface area contributed by atoms with E-state index in [9.17, 15) is 4.79 Å². The molecular weight excluding hydrogens is 166 g/mol. The molecule has 0 spiro atoms. The zero-order chi connectivity index (χ0) is 10.0. The van der Waals surface area contributed by atoms with Crippen LogP contribution in [-0.2, 0) is 0 Å². The van der Waals surface area contributed by atoms with Gasteiger partial charge in [0.2, 0.25) is 0 Å². The molecule has 72 valence electrons. The Kier molecular flexibility index (Phi) is 2.88. The summed E-state index contributed by atoms with van der Waals surface area (Å²) in [5.74, 6) is 1.51. The number of carbonyl (C=O) groups is 1. The second-order valence-electron chi connectivity index (χ2n) is 3.43. The lowest BCUT2D eigenvalue weighted by atomic mass is 10.1. The maximum atomic E-state index is 11.5. The van der Waals surface area contributed by atoms with Gasteiger partial charge >= 0.3 is 0 Å². The first-order valence-corrected chi connectivity index (χ1v) is 4.36. The Balaban J connectivity index is 2.82. The van der Waals surface area contributed by atoms with Gasteiger partial charge in [-0.15, -0.1) is 0 Å².